The molecule has 1 aromatic heterocycles. The first-order valence-electron chi connectivity index (χ1n) is 6.99. The third kappa shape index (κ3) is 2.22. The van der Waals surface area contributed by atoms with Crippen molar-refractivity contribution in [2.24, 2.45) is 0 Å². The third-order valence-corrected chi connectivity index (χ3v) is 3.82. The lowest BCUT2D eigenvalue weighted by Gasteiger charge is -2.26. The maximum absolute atomic E-state index is 12.4. The second-order valence-electron chi connectivity index (χ2n) is 5.28. The van der Waals surface area contributed by atoms with Crippen molar-refractivity contribution in [2.75, 3.05) is 13.1 Å². The Labute approximate surface area is 117 Å². The van der Waals surface area contributed by atoms with Crippen LogP contribution in [0, 0.1) is 6.92 Å². The Morgan fingerprint density at radius 3 is 2.70 bits per heavy atom. The molecule has 0 N–H and O–H groups in total. The van der Waals surface area contributed by atoms with Gasteiger partial charge >= 0.3 is 0 Å². The minimum absolute atomic E-state index is 0.148. The number of rotatable bonds is 1. The molecule has 0 atom stereocenters. The Morgan fingerprint density at radius 2 is 1.95 bits per heavy atom. The van der Waals surface area contributed by atoms with E-state index in [-0.39, 0.29) is 17.1 Å². The van der Waals surface area contributed by atoms with E-state index in [4.69, 9.17) is 4.42 Å². The molecule has 1 fully saturated rings. The number of benzene rings is 1. The standard InChI is InChI=1S/C16H17NO3/c1-11-6-5-7-13-15(11)12(18)10-14(20-13)16(19)17-8-3-2-4-9-17/h5-7,10H,2-4,8-9H2,1H3. The summed E-state index contributed by atoms with van der Waals surface area (Å²) < 4.78 is 5.65. The summed E-state index contributed by atoms with van der Waals surface area (Å²) in [5.74, 6) is -0.0276. The van der Waals surface area contributed by atoms with Gasteiger partial charge in [0.15, 0.2) is 11.2 Å². The second kappa shape index (κ2) is 5.12. The van der Waals surface area contributed by atoms with Gasteiger partial charge < -0.3 is 9.32 Å². The summed E-state index contributed by atoms with van der Waals surface area (Å²) in [6, 6.07) is 6.75. The zero-order chi connectivity index (χ0) is 14.1. The molecule has 3 rings (SSSR count). The summed E-state index contributed by atoms with van der Waals surface area (Å²) in [7, 11) is 0. The van der Waals surface area contributed by atoms with E-state index in [2.05, 4.69) is 0 Å². The van der Waals surface area contributed by atoms with Gasteiger partial charge in [-0.3, -0.25) is 9.59 Å². The maximum Gasteiger partial charge on any atom is 0.289 e. The number of hydrogen-bond acceptors (Lipinski definition) is 3. The molecule has 0 unspecified atom stereocenters. The highest BCUT2D eigenvalue weighted by Gasteiger charge is 2.21. The summed E-state index contributed by atoms with van der Waals surface area (Å²) in [6.45, 7) is 3.36. The molecule has 0 bridgehead atoms. The fourth-order valence-corrected chi connectivity index (χ4v) is 2.74. The van der Waals surface area contributed by atoms with Gasteiger partial charge in [-0.2, -0.15) is 0 Å². The van der Waals surface area contributed by atoms with Crippen LogP contribution in [0.4, 0.5) is 0 Å². The van der Waals surface area contributed by atoms with Crippen molar-refractivity contribution in [1.29, 1.82) is 0 Å². The normalized spacial score (nSPS) is 15.6. The number of fused-ring (bicyclic) bond motifs is 1. The van der Waals surface area contributed by atoms with Crippen LogP contribution in [-0.4, -0.2) is 23.9 Å². The maximum atomic E-state index is 12.4. The minimum atomic E-state index is -0.176. The van der Waals surface area contributed by atoms with Crippen LogP contribution in [0.2, 0.25) is 0 Å². The molecule has 0 saturated carbocycles. The monoisotopic (exact) mass is 271 g/mol. The van der Waals surface area contributed by atoms with Crippen LogP contribution in [0.15, 0.2) is 33.5 Å². The molecule has 104 valence electrons. The van der Waals surface area contributed by atoms with Crippen LogP contribution < -0.4 is 5.43 Å². The van der Waals surface area contributed by atoms with Crippen LogP contribution in [0.25, 0.3) is 11.0 Å². The van der Waals surface area contributed by atoms with Crippen LogP contribution in [-0.2, 0) is 0 Å². The number of amides is 1. The molecule has 4 nitrogen and oxygen atoms in total. The average molecular weight is 271 g/mol. The lowest BCUT2D eigenvalue weighted by Crippen LogP contribution is -2.35. The van der Waals surface area contributed by atoms with Gasteiger partial charge in [0.25, 0.3) is 5.91 Å². The number of aryl methyl sites for hydroxylation is 1. The molecule has 0 radical (unpaired) electrons. The van der Waals surface area contributed by atoms with Gasteiger partial charge in [0.2, 0.25) is 0 Å². The Kier molecular flexibility index (Phi) is 3.30. The van der Waals surface area contributed by atoms with E-state index in [1.807, 2.05) is 19.1 Å². The quantitative estimate of drug-likeness (QED) is 0.801. The molecular weight excluding hydrogens is 254 g/mol. The molecular formula is C16H17NO3. The van der Waals surface area contributed by atoms with E-state index in [1.165, 1.54) is 6.07 Å². The Bertz CT molecular complexity index is 711. The van der Waals surface area contributed by atoms with Crippen molar-refractivity contribution in [1.82, 2.24) is 4.90 Å². The van der Waals surface area contributed by atoms with Gasteiger partial charge in [-0.05, 0) is 37.8 Å². The minimum Gasteiger partial charge on any atom is -0.451 e. The summed E-state index contributed by atoms with van der Waals surface area (Å²) in [6.07, 6.45) is 3.19. The largest absolute Gasteiger partial charge is 0.451 e. The van der Waals surface area contributed by atoms with Gasteiger partial charge in [-0.1, -0.05) is 12.1 Å². The molecule has 20 heavy (non-hydrogen) atoms. The molecule has 0 aliphatic carbocycles. The molecule has 1 aliphatic heterocycles. The predicted octanol–water partition coefficient (Wildman–Crippen LogP) is 2.73. The third-order valence-electron chi connectivity index (χ3n) is 3.82. The molecule has 1 saturated heterocycles. The molecule has 1 amide bonds. The second-order valence-corrected chi connectivity index (χ2v) is 5.28. The van der Waals surface area contributed by atoms with Crippen molar-refractivity contribution >= 4 is 16.9 Å². The average Bonchev–Trinajstić information content (AvgIpc) is 2.47. The molecule has 1 aromatic carbocycles. The van der Waals surface area contributed by atoms with Crippen LogP contribution in [0.5, 0.6) is 0 Å². The van der Waals surface area contributed by atoms with Gasteiger partial charge in [0.1, 0.15) is 5.58 Å². The van der Waals surface area contributed by atoms with E-state index in [0.717, 1.165) is 37.9 Å². The Hall–Kier alpha value is -2.10. The van der Waals surface area contributed by atoms with E-state index in [9.17, 15) is 9.59 Å². The smallest absolute Gasteiger partial charge is 0.289 e. The number of nitrogens with zero attached hydrogens (tertiary/aromatic N) is 1. The number of hydrogen-bond donors (Lipinski definition) is 0. The lowest BCUT2D eigenvalue weighted by molar-refractivity contribution is 0.0692. The van der Waals surface area contributed by atoms with E-state index in [1.54, 1.807) is 11.0 Å². The van der Waals surface area contributed by atoms with Crippen LogP contribution in [0.3, 0.4) is 0 Å². The molecule has 4 heteroatoms. The number of carbonyl (C=O) groups excluding carboxylic acids is 1. The lowest BCUT2D eigenvalue weighted by atomic mass is 10.1. The molecule has 0 spiro atoms. The summed E-state index contributed by atoms with van der Waals surface area (Å²) in [4.78, 5) is 26.3. The first kappa shape index (κ1) is 12.9. The number of likely N-dealkylation sites (tertiary alicyclic amines) is 1. The Balaban J connectivity index is 2.04. The predicted molar refractivity (Wildman–Crippen MR) is 77.0 cm³/mol. The highest BCUT2D eigenvalue weighted by molar-refractivity contribution is 5.93. The zero-order valence-electron chi connectivity index (χ0n) is 11.5. The number of piperidine rings is 1. The first-order valence-corrected chi connectivity index (χ1v) is 6.99. The summed E-state index contributed by atoms with van der Waals surface area (Å²) in [5.41, 5.74) is 1.20. The van der Waals surface area contributed by atoms with Gasteiger partial charge in [0, 0.05) is 19.2 Å². The molecule has 2 aromatic rings. The van der Waals surface area contributed by atoms with E-state index < -0.39 is 0 Å². The van der Waals surface area contributed by atoms with Gasteiger partial charge in [-0.25, -0.2) is 0 Å². The van der Waals surface area contributed by atoms with Crippen LogP contribution in [0.1, 0.15) is 35.4 Å². The SMILES string of the molecule is Cc1cccc2oc(C(=O)N3CCCCC3)cc(=O)c12. The van der Waals surface area contributed by atoms with Gasteiger partial charge in [-0.15, -0.1) is 0 Å². The van der Waals surface area contributed by atoms with Gasteiger partial charge in [0.05, 0.1) is 5.39 Å². The first-order chi connectivity index (χ1) is 9.66. The van der Waals surface area contributed by atoms with Crippen molar-refractivity contribution in [2.45, 2.75) is 26.2 Å². The zero-order valence-corrected chi connectivity index (χ0v) is 11.5. The highest BCUT2D eigenvalue weighted by Crippen LogP contribution is 2.18. The topological polar surface area (TPSA) is 50.5 Å². The van der Waals surface area contributed by atoms with Crippen molar-refractivity contribution in [3.05, 3.63) is 45.8 Å². The summed E-state index contributed by atoms with van der Waals surface area (Å²) >= 11 is 0. The molecule has 2 heterocycles. The van der Waals surface area contributed by atoms with Crippen molar-refractivity contribution in [3.63, 3.8) is 0 Å². The van der Waals surface area contributed by atoms with Crippen LogP contribution >= 0.6 is 0 Å². The Morgan fingerprint density at radius 1 is 1.20 bits per heavy atom. The molecule has 1 aliphatic rings. The fourth-order valence-electron chi connectivity index (χ4n) is 2.74. The summed E-state index contributed by atoms with van der Waals surface area (Å²) in [5, 5.41) is 0.558. The number of carbonyl (C=O) groups is 1. The van der Waals surface area contributed by atoms with E-state index in [0.29, 0.717) is 11.0 Å². The van der Waals surface area contributed by atoms with E-state index >= 15 is 0 Å². The highest BCUT2D eigenvalue weighted by atomic mass is 16.3. The van der Waals surface area contributed by atoms with Crippen molar-refractivity contribution < 1.29 is 9.21 Å². The fraction of sp³-hybridized carbons (Fsp3) is 0.375. The van der Waals surface area contributed by atoms with Crippen molar-refractivity contribution in [3.8, 4) is 0 Å².